The quantitative estimate of drug-likeness (QED) is 0.217. The van der Waals surface area contributed by atoms with Gasteiger partial charge >= 0.3 is 12.2 Å². The molecule has 250 valence electrons. The average Bonchev–Trinajstić information content (AvgIpc) is 3.46. The molecule has 0 atom stereocenters. The lowest BCUT2D eigenvalue weighted by Gasteiger charge is -2.28. The minimum absolute atomic E-state index is 0.0114. The van der Waals surface area contributed by atoms with Crippen LogP contribution in [0.3, 0.4) is 0 Å². The Bertz CT molecular complexity index is 1870. The van der Waals surface area contributed by atoms with Crippen LogP contribution in [0, 0.1) is 5.82 Å². The highest BCUT2D eigenvalue weighted by molar-refractivity contribution is 7.92. The molecule has 0 spiro atoms. The van der Waals surface area contributed by atoms with Crippen LogP contribution in [0.1, 0.15) is 61.0 Å². The van der Waals surface area contributed by atoms with E-state index in [9.17, 15) is 22.4 Å². The molecule has 14 heteroatoms. The van der Waals surface area contributed by atoms with Crippen molar-refractivity contribution in [3.8, 4) is 34.0 Å². The Morgan fingerprint density at radius 3 is 2.00 bits per heavy atom. The van der Waals surface area contributed by atoms with E-state index in [-0.39, 0.29) is 40.1 Å². The van der Waals surface area contributed by atoms with Crippen molar-refractivity contribution in [1.82, 2.24) is 15.1 Å². The zero-order valence-corrected chi connectivity index (χ0v) is 28.3. The molecule has 0 unspecified atom stereocenters. The van der Waals surface area contributed by atoms with E-state index in [2.05, 4.69) is 15.1 Å². The fraction of sp³-hybridized carbons (Fsp3) is 0.364. The molecule has 2 aromatic carbocycles. The van der Waals surface area contributed by atoms with Crippen LogP contribution in [-0.2, 0) is 25.9 Å². The molecular formula is C33H38FN5O7S. The van der Waals surface area contributed by atoms with Crippen LogP contribution < -0.4 is 10.6 Å². The number of benzene rings is 2. The average molecular weight is 668 g/mol. The minimum atomic E-state index is -3.53. The fourth-order valence-corrected chi connectivity index (χ4v) is 5.26. The van der Waals surface area contributed by atoms with Crippen LogP contribution in [-0.4, -0.2) is 52.2 Å². The Kier molecular flexibility index (Phi) is 9.88. The van der Waals surface area contributed by atoms with Crippen molar-refractivity contribution in [1.29, 1.82) is 0 Å². The van der Waals surface area contributed by atoms with Crippen LogP contribution in [0.15, 0.2) is 64.1 Å². The van der Waals surface area contributed by atoms with Gasteiger partial charge in [-0.05, 0) is 73.6 Å². The van der Waals surface area contributed by atoms with Crippen molar-refractivity contribution in [3.63, 3.8) is 0 Å². The number of hydrogen-bond acceptors (Lipinski definition) is 11. The second-order valence-corrected chi connectivity index (χ2v) is 15.4. The summed E-state index contributed by atoms with van der Waals surface area (Å²) in [5.41, 5.74) is 5.15. The highest BCUT2D eigenvalue weighted by Crippen LogP contribution is 2.35. The summed E-state index contributed by atoms with van der Waals surface area (Å²) >= 11 is 0. The summed E-state index contributed by atoms with van der Waals surface area (Å²) in [6, 6.07) is 11.9. The van der Waals surface area contributed by atoms with Gasteiger partial charge in [0.15, 0.2) is 27.1 Å². The number of halogens is 1. The standard InChI is InChI=1S/C33H38FN5O7S/c1-19(2)47(42,43)23-13-11-20(12-14-23)26-18-36-29(39(30(40)44-32(3,4)5)31(41)45-33(6,7)8)28(37-26)27-16-25(38-46-27)21-9-10-22(17-35)24(34)15-21/h9-16,18-19H,17,35H2,1-8H3. The highest BCUT2D eigenvalue weighted by atomic mass is 32.2. The van der Waals surface area contributed by atoms with Crippen molar-refractivity contribution >= 4 is 27.8 Å². The second-order valence-electron chi connectivity index (χ2n) is 12.9. The van der Waals surface area contributed by atoms with Gasteiger partial charge in [-0.25, -0.2) is 32.4 Å². The molecule has 0 fully saturated rings. The Morgan fingerprint density at radius 1 is 0.915 bits per heavy atom. The molecule has 0 aliphatic heterocycles. The molecule has 4 aromatic rings. The summed E-state index contributed by atoms with van der Waals surface area (Å²) in [7, 11) is -3.53. The summed E-state index contributed by atoms with van der Waals surface area (Å²) < 4.78 is 56.6. The van der Waals surface area contributed by atoms with Gasteiger partial charge in [0.2, 0.25) is 0 Å². The maximum absolute atomic E-state index is 14.6. The maximum atomic E-state index is 14.6. The van der Waals surface area contributed by atoms with E-state index in [0.717, 1.165) is 0 Å². The van der Waals surface area contributed by atoms with Crippen molar-refractivity contribution in [3.05, 3.63) is 66.1 Å². The first-order valence-electron chi connectivity index (χ1n) is 14.7. The summed E-state index contributed by atoms with van der Waals surface area (Å²) in [6.07, 6.45) is -0.861. The van der Waals surface area contributed by atoms with Crippen LogP contribution in [0.2, 0.25) is 0 Å². The molecule has 4 rings (SSSR count). The first-order valence-corrected chi connectivity index (χ1v) is 16.3. The smallest absolute Gasteiger partial charge is 0.425 e. The van der Waals surface area contributed by atoms with Gasteiger partial charge in [0.1, 0.15) is 22.7 Å². The van der Waals surface area contributed by atoms with E-state index in [1.807, 2.05) is 0 Å². The van der Waals surface area contributed by atoms with E-state index in [1.165, 1.54) is 36.5 Å². The normalized spacial score (nSPS) is 12.2. The number of anilines is 1. The van der Waals surface area contributed by atoms with Gasteiger partial charge in [-0.15, -0.1) is 0 Å². The highest BCUT2D eigenvalue weighted by Gasteiger charge is 2.37. The molecule has 0 saturated carbocycles. The number of nitrogens with zero attached hydrogens (tertiary/aromatic N) is 4. The van der Waals surface area contributed by atoms with E-state index in [1.54, 1.807) is 73.6 Å². The summed E-state index contributed by atoms with van der Waals surface area (Å²) in [5.74, 6) is -0.839. The monoisotopic (exact) mass is 667 g/mol. The number of imide groups is 1. The molecule has 0 aliphatic rings. The van der Waals surface area contributed by atoms with Gasteiger partial charge in [0, 0.05) is 29.3 Å². The number of nitrogens with two attached hydrogens (primary N) is 1. The lowest BCUT2D eigenvalue weighted by atomic mass is 10.1. The third-order valence-corrected chi connectivity index (χ3v) is 8.70. The topological polar surface area (TPSA) is 168 Å². The molecule has 0 bridgehead atoms. The molecule has 12 nitrogen and oxygen atoms in total. The SMILES string of the molecule is CC(C)S(=O)(=O)c1ccc(-c2cnc(N(C(=O)OC(C)(C)C)C(=O)OC(C)(C)C)c(-c3cc(-c4ccc(CN)c(F)c4)no3)n2)cc1. The first-order chi connectivity index (χ1) is 21.8. The first kappa shape index (κ1) is 35.2. The summed E-state index contributed by atoms with van der Waals surface area (Å²) in [5, 5.41) is 3.45. The molecule has 2 heterocycles. The predicted octanol–water partition coefficient (Wildman–Crippen LogP) is 6.92. The van der Waals surface area contributed by atoms with Crippen molar-refractivity contribution in [2.45, 2.75) is 83.3 Å². The number of aromatic nitrogens is 3. The zero-order chi connectivity index (χ0) is 34.9. The Hall–Kier alpha value is -4.69. The summed E-state index contributed by atoms with van der Waals surface area (Å²) in [4.78, 5) is 36.9. The number of hydrogen-bond donors (Lipinski definition) is 1. The van der Waals surface area contributed by atoms with Crippen molar-refractivity contribution in [2.75, 3.05) is 4.90 Å². The molecule has 2 aromatic heterocycles. The van der Waals surface area contributed by atoms with Gasteiger partial charge < -0.3 is 19.7 Å². The van der Waals surface area contributed by atoms with Crippen molar-refractivity contribution < 1.29 is 36.4 Å². The number of ether oxygens (including phenoxy) is 2. The van der Waals surface area contributed by atoms with Gasteiger partial charge in [0.05, 0.1) is 22.0 Å². The molecule has 2 amide bonds. The number of rotatable bonds is 7. The lowest BCUT2D eigenvalue weighted by molar-refractivity contribution is 0.0429. The molecule has 0 radical (unpaired) electrons. The number of sulfone groups is 1. The molecule has 0 aliphatic carbocycles. The van der Waals surface area contributed by atoms with Crippen LogP contribution in [0.25, 0.3) is 34.0 Å². The number of amides is 2. The Labute approximate surface area is 273 Å². The van der Waals surface area contributed by atoms with Gasteiger partial charge in [-0.3, -0.25) is 0 Å². The van der Waals surface area contributed by atoms with E-state index in [4.69, 9.17) is 19.7 Å². The van der Waals surface area contributed by atoms with Gasteiger partial charge in [-0.1, -0.05) is 29.4 Å². The number of carbonyl (C=O) groups excluding carboxylic acids is 2. The van der Waals surface area contributed by atoms with Gasteiger partial charge in [-0.2, -0.15) is 4.90 Å². The van der Waals surface area contributed by atoms with Crippen LogP contribution >= 0.6 is 0 Å². The van der Waals surface area contributed by atoms with Gasteiger partial charge in [0.25, 0.3) is 0 Å². The Morgan fingerprint density at radius 2 is 1.49 bits per heavy atom. The predicted molar refractivity (Wildman–Crippen MR) is 174 cm³/mol. The minimum Gasteiger partial charge on any atom is -0.443 e. The largest absolute Gasteiger partial charge is 0.443 e. The fourth-order valence-electron chi connectivity index (χ4n) is 4.20. The molecule has 0 saturated heterocycles. The third-order valence-electron chi connectivity index (χ3n) is 6.53. The van der Waals surface area contributed by atoms with E-state index < -0.39 is 44.3 Å². The Balaban J connectivity index is 1.91. The van der Waals surface area contributed by atoms with Crippen LogP contribution in [0.4, 0.5) is 19.8 Å². The van der Waals surface area contributed by atoms with E-state index in [0.29, 0.717) is 21.6 Å². The zero-order valence-electron chi connectivity index (χ0n) is 27.5. The molecule has 2 N–H and O–H groups in total. The maximum Gasteiger partial charge on any atom is 0.425 e. The van der Waals surface area contributed by atoms with Crippen molar-refractivity contribution in [2.24, 2.45) is 5.73 Å². The second kappa shape index (κ2) is 13.2. The molecule has 47 heavy (non-hydrogen) atoms. The van der Waals surface area contributed by atoms with E-state index >= 15 is 0 Å². The van der Waals surface area contributed by atoms with Crippen LogP contribution in [0.5, 0.6) is 0 Å². The lowest BCUT2D eigenvalue weighted by Crippen LogP contribution is -2.44. The number of carbonyl (C=O) groups is 2. The molecular weight excluding hydrogens is 629 g/mol. The summed E-state index contributed by atoms with van der Waals surface area (Å²) in [6.45, 7) is 13.0. The third kappa shape index (κ3) is 8.19.